The molecule has 4 fully saturated rings. The largest absolute Gasteiger partial charge is 0.192 e. The maximum Gasteiger partial charge on any atom is 0.101 e. The van der Waals surface area contributed by atoms with E-state index in [0.717, 1.165) is 42.6 Å². The Hall–Kier alpha value is -2.31. The van der Waals surface area contributed by atoms with Crippen LogP contribution in [0, 0.1) is 51.7 Å². The number of hydrogen-bond acceptors (Lipinski definition) is 3. The first-order chi connectivity index (χ1) is 10.7. The average molecular weight is 287 g/mol. The highest BCUT2D eigenvalue weighted by Crippen LogP contribution is 2.61. The van der Waals surface area contributed by atoms with Gasteiger partial charge in [-0.2, -0.15) is 15.8 Å². The summed E-state index contributed by atoms with van der Waals surface area (Å²) in [6.45, 7) is 0. The fourth-order valence-electron chi connectivity index (χ4n) is 5.76. The fourth-order valence-corrected chi connectivity index (χ4v) is 5.76. The lowest BCUT2D eigenvalue weighted by molar-refractivity contribution is -0.00531. The molecular formula is C19H17N3. The highest BCUT2D eigenvalue weighted by atomic mass is 14.6. The summed E-state index contributed by atoms with van der Waals surface area (Å²) in [5, 5.41) is 28.1. The fraction of sp³-hybridized carbons (Fsp3) is 0.526. The van der Waals surface area contributed by atoms with E-state index >= 15 is 0 Å². The maximum atomic E-state index is 9.56. The van der Waals surface area contributed by atoms with Gasteiger partial charge < -0.3 is 0 Å². The van der Waals surface area contributed by atoms with Crippen molar-refractivity contribution < 1.29 is 0 Å². The molecular weight excluding hydrogens is 270 g/mol. The molecule has 0 heterocycles. The van der Waals surface area contributed by atoms with E-state index in [1.54, 1.807) is 6.07 Å². The minimum Gasteiger partial charge on any atom is -0.192 e. The topological polar surface area (TPSA) is 71.4 Å². The summed E-state index contributed by atoms with van der Waals surface area (Å²) in [6, 6.07) is 9.96. The first-order valence-corrected chi connectivity index (χ1v) is 8.06. The van der Waals surface area contributed by atoms with E-state index in [0.29, 0.717) is 16.7 Å². The van der Waals surface area contributed by atoms with Gasteiger partial charge in [-0.05, 0) is 79.4 Å². The molecule has 4 aliphatic rings. The Morgan fingerprint density at radius 2 is 1.18 bits per heavy atom. The monoisotopic (exact) mass is 287 g/mol. The van der Waals surface area contributed by atoms with Crippen molar-refractivity contribution >= 4 is 0 Å². The Bertz CT molecular complexity index is 734. The van der Waals surface area contributed by atoms with Gasteiger partial charge in [0, 0.05) is 0 Å². The Balaban J connectivity index is 1.88. The van der Waals surface area contributed by atoms with Gasteiger partial charge in [0.15, 0.2) is 0 Å². The minimum absolute atomic E-state index is 0.0827. The van der Waals surface area contributed by atoms with Crippen molar-refractivity contribution in [3.63, 3.8) is 0 Å². The normalized spacial score (nSPS) is 34.7. The van der Waals surface area contributed by atoms with Crippen molar-refractivity contribution in [3.8, 4) is 18.2 Å². The molecule has 22 heavy (non-hydrogen) atoms. The minimum atomic E-state index is 0.0827. The van der Waals surface area contributed by atoms with Crippen molar-refractivity contribution in [1.29, 1.82) is 15.8 Å². The van der Waals surface area contributed by atoms with Crippen LogP contribution in [-0.4, -0.2) is 0 Å². The van der Waals surface area contributed by atoms with Crippen molar-refractivity contribution in [2.45, 2.75) is 43.9 Å². The zero-order valence-electron chi connectivity index (χ0n) is 12.5. The summed E-state index contributed by atoms with van der Waals surface area (Å²) in [5.74, 6) is 2.37. The van der Waals surface area contributed by atoms with Gasteiger partial charge >= 0.3 is 0 Å². The van der Waals surface area contributed by atoms with Crippen molar-refractivity contribution in [3.05, 3.63) is 34.4 Å². The van der Waals surface area contributed by atoms with E-state index in [-0.39, 0.29) is 5.41 Å². The molecule has 4 bridgehead atoms. The average Bonchev–Trinajstić information content (AvgIpc) is 2.52. The molecule has 108 valence electrons. The molecule has 3 heteroatoms. The van der Waals surface area contributed by atoms with Gasteiger partial charge in [0.05, 0.1) is 22.8 Å². The second-order valence-electron chi connectivity index (χ2n) is 7.48. The van der Waals surface area contributed by atoms with Crippen LogP contribution in [0.15, 0.2) is 12.1 Å². The molecule has 1 aromatic carbocycles. The summed E-state index contributed by atoms with van der Waals surface area (Å²) < 4.78 is 0. The third kappa shape index (κ3) is 1.77. The van der Waals surface area contributed by atoms with Crippen LogP contribution in [0.5, 0.6) is 0 Å². The molecule has 0 spiro atoms. The quantitative estimate of drug-likeness (QED) is 0.789. The Morgan fingerprint density at radius 1 is 0.727 bits per heavy atom. The molecule has 1 aromatic rings. The second kappa shape index (κ2) is 4.59. The Morgan fingerprint density at radius 3 is 1.64 bits per heavy atom. The van der Waals surface area contributed by atoms with Crippen molar-refractivity contribution in [1.82, 2.24) is 0 Å². The predicted molar refractivity (Wildman–Crippen MR) is 80.4 cm³/mol. The predicted octanol–water partition coefficient (Wildman–Crippen LogP) is 3.77. The molecule has 0 aliphatic heterocycles. The Kier molecular flexibility index (Phi) is 2.79. The van der Waals surface area contributed by atoms with E-state index in [1.807, 2.05) is 12.1 Å². The van der Waals surface area contributed by atoms with Crippen LogP contribution in [0.3, 0.4) is 0 Å². The highest BCUT2D eigenvalue weighted by molar-refractivity contribution is 5.56. The number of rotatable bonds is 1. The van der Waals surface area contributed by atoms with Gasteiger partial charge in [-0.15, -0.1) is 0 Å². The second-order valence-corrected chi connectivity index (χ2v) is 7.48. The van der Waals surface area contributed by atoms with Crippen LogP contribution >= 0.6 is 0 Å². The molecule has 3 nitrogen and oxygen atoms in total. The molecule has 5 rings (SSSR count). The summed E-state index contributed by atoms with van der Waals surface area (Å²) in [5.41, 5.74) is 2.49. The maximum absolute atomic E-state index is 9.56. The highest BCUT2D eigenvalue weighted by Gasteiger charge is 2.52. The van der Waals surface area contributed by atoms with Crippen LogP contribution in [0.4, 0.5) is 0 Å². The molecule has 0 saturated heterocycles. The first kappa shape index (κ1) is 13.4. The smallest absolute Gasteiger partial charge is 0.101 e. The van der Waals surface area contributed by atoms with E-state index < -0.39 is 0 Å². The van der Waals surface area contributed by atoms with E-state index in [4.69, 9.17) is 0 Å². The molecule has 4 aliphatic carbocycles. The molecule has 0 atom stereocenters. The van der Waals surface area contributed by atoms with Gasteiger partial charge in [-0.25, -0.2) is 0 Å². The summed E-state index contributed by atoms with van der Waals surface area (Å²) in [7, 11) is 0. The van der Waals surface area contributed by atoms with Crippen LogP contribution in [-0.2, 0) is 5.41 Å². The molecule has 0 aromatic heterocycles. The SMILES string of the molecule is N#Cc1cc(C#N)c(C23CC4CC(CC(C4)C2)C3)cc1C#N. The van der Waals surface area contributed by atoms with Crippen LogP contribution in [0.2, 0.25) is 0 Å². The van der Waals surface area contributed by atoms with Crippen LogP contribution in [0.1, 0.15) is 60.8 Å². The lowest BCUT2D eigenvalue weighted by Gasteiger charge is -2.57. The third-order valence-corrected chi connectivity index (χ3v) is 6.13. The van der Waals surface area contributed by atoms with Gasteiger partial charge in [-0.1, -0.05) is 0 Å². The molecule has 0 radical (unpaired) electrons. The molecule has 0 unspecified atom stereocenters. The molecule has 4 saturated carbocycles. The molecule has 0 amide bonds. The third-order valence-electron chi connectivity index (χ3n) is 6.13. The summed E-state index contributed by atoms with van der Waals surface area (Å²) >= 11 is 0. The number of hydrogen-bond donors (Lipinski definition) is 0. The summed E-state index contributed by atoms with van der Waals surface area (Å²) in [4.78, 5) is 0. The van der Waals surface area contributed by atoms with Gasteiger partial charge in [0.25, 0.3) is 0 Å². The number of nitrogens with zero attached hydrogens (tertiary/aromatic N) is 3. The van der Waals surface area contributed by atoms with E-state index in [2.05, 4.69) is 12.1 Å². The van der Waals surface area contributed by atoms with Gasteiger partial charge in [0.2, 0.25) is 0 Å². The van der Waals surface area contributed by atoms with Crippen molar-refractivity contribution in [2.75, 3.05) is 0 Å². The standard InChI is InChI=1S/C19H17N3/c20-9-15-4-17(11-22)18(5-16(15)10-21)19-6-12-1-13(7-19)3-14(2-12)8-19/h4-5,12-14H,1-3,6-8H2. The number of benzene rings is 1. The van der Waals surface area contributed by atoms with Crippen LogP contribution < -0.4 is 0 Å². The van der Waals surface area contributed by atoms with E-state index in [9.17, 15) is 15.8 Å². The number of nitriles is 3. The lowest BCUT2D eigenvalue weighted by atomic mass is 9.47. The lowest BCUT2D eigenvalue weighted by Crippen LogP contribution is -2.48. The molecule has 0 N–H and O–H groups in total. The zero-order valence-corrected chi connectivity index (χ0v) is 12.5. The van der Waals surface area contributed by atoms with Gasteiger partial charge in [-0.3, -0.25) is 0 Å². The Labute approximate surface area is 130 Å². The van der Waals surface area contributed by atoms with Crippen LogP contribution in [0.25, 0.3) is 0 Å². The van der Waals surface area contributed by atoms with E-state index in [1.165, 1.54) is 19.3 Å². The summed E-state index contributed by atoms with van der Waals surface area (Å²) in [6.07, 6.45) is 7.52. The first-order valence-electron chi connectivity index (χ1n) is 8.06. The van der Waals surface area contributed by atoms with Gasteiger partial charge in [0.1, 0.15) is 12.1 Å². The zero-order chi connectivity index (χ0) is 15.3. The van der Waals surface area contributed by atoms with Crippen molar-refractivity contribution in [2.24, 2.45) is 17.8 Å².